The maximum absolute atomic E-state index is 10.4. The van der Waals surface area contributed by atoms with Crippen LogP contribution in [0, 0.1) is 6.92 Å². The van der Waals surface area contributed by atoms with Gasteiger partial charge in [-0.3, -0.25) is 0 Å². The molecule has 6 heteroatoms. The van der Waals surface area contributed by atoms with Gasteiger partial charge in [0.2, 0.25) is 0 Å². The Morgan fingerprint density at radius 3 is 1.58 bits per heavy atom. The normalized spacial score (nSPS) is 11.1. The van der Waals surface area contributed by atoms with Crippen LogP contribution in [0.25, 0.3) is 0 Å². The monoisotopic (exact) mass is 390 g/mol. The third-order valence-electron chi connectivity index (χ3n) is 4.31. The Bertz CT molecular complexity index is 928. The largest absolute Gasteiger partial charge is 0.507 e. The van der Waals surface area contributed by atoms with Crippen molar-refractivity contribution in [2.45, 2.75) is 12.8 Å². The van der Waals surface area contributed by atoms with E-state index in [1.165, 1.54) is 12.1 Å². The summed E-state index contributed by atoms with van der Waals surface area (Å²) >= 11 is 12.1. The van der Waals surface area contributed by atoms with Gasteiger partial charge in [-0.25, -0.2) is 0 Å². The molecule has 0 aliphatic carbocycles. The molecule has 0 fully saturated rings. The van der Waals surface area contributed by atoms with E-state index >= 15 is 0 Å². The minimum atomic E-state index is -0.618. The van der Waals surface area contributed by atoms with Crippen LogP contribution in [-0.4, -0.2) is 20.4 Å². The maximum atomic E-state index is 10.4. The van der Waals surface area contributed by atoms with Crippen LogP contribution in [0.5, 0.6) is 23.0 Å². The van der Waals surface area contributed by atoms with Gasteiger partial charge in [0.25, 0.3) is 0 Å². The highest BCUT2D eigenvalue weighted by Crippen LogP contribution is 2.46. The Morgan fingerprint density at radius 1 is 0.654 bits per heavy atom. The van der Waals surface area contributed by atoms with Crippen LogP contribution < -0.4 is 0 Å². The van der Waals surface area contributed by atoms with Crippen LogP contribution in [0.15, 0.2) is 48.5 Å². The van der Waals surface area contributed by atoms with Crippen molar-refractivity contribution in [1.82, 2.24) is 0 Å². The zero-order chi connectivity index (χ0) is 19.0. The fourth-order valence-electron chi connectivity index (χ4n) is 3.01. The van der Waals surface area contributed by atoms with Gasteiger partial charge in [0, 0.05) is 29.2 Å². The first-order valence-corrected chi connectivity index (χ1v) is 8.53. The Kier molecular flexibility index (Phi) is 4.90. The molecule has 3 aromatic carbocycles. The Morgan fingerprint density at radius 2 is 1.12 bits per heavy atom. The number of hydrogen-bond donors (Lipinski definition) is 4. The molecule has 0 atom stereocenters. The number of aryl methyl sites for hydroxylation is 1. The van der Waals surface area contributed by atoms with E-state index in [1.807, 2.05) is 31.2 Å². The molecular formula is C20H16Cl2O4. The smallest absolute Gasteiger partial charge is 0.137 e. The fraction of sp³-hybridized carbons (Fsp3) is 0.100. The Hall–Kier alpha value is -2.56. The van der Waals surface area contributed by atoms with Crippen molar-refractivity contribution < 1.29 is 20.4 Å². The SMILES string of the molecule is Cc1ccccc1C(c1cc(Cl)c(O)cc1O)c1cc(Cl)c(O)cc1O. The lowest BCUT2D eigenvalue weighted by Gasteiger charge is -2.23. The van der Waals surface area contributed by atoms with E-state index in [2.05, 4.69) is 0 Å². The number of phenols is 4. The molecule has 0 amide bonds. The number of hydrogen-bond acceptors (Lipinski definition) is 4. The maximum Gasteiger partial charge on any atom is 0.137 e. The first kappa shape index (κ1) is 18.2. The number of benzene rings is 3. The lowest BCUT2D eigenvalue weighted by atomic mass is 9.82. The molecule has 134 valence electrons. The summed E-state index contributed by atoms with van der Waals surface area (Å²) in [5, 5.41) is 40.5. The molecule has 4 nitrogen and oxygen atoms in total. The van der Waals surface area contributed by atoms with Gasteiger partial charge >= 0.3 is 0 Å². The lowest BCUT2D eigenvalue weighted by molar-refractivity contribution is 0.440. The quantitative estimate of drug-likeness (QED) is 0.457. The van der Waals surface area contributed by atoms with E-state index in [9.17, 15) is 20.4 Å². The molecule has 0 radical (unpaired) electrons. The van der Waals surface area contributed by atoms with Gasteiger partial charge in [-0.1, -0.05) is 47.5 Å². The topological polar surface area (TPSA) is 80.9 Å². The molecule has 0 saturated carbocycles. The average molecular weight is 391 g/mol. The van der Waals surface area contributed by atoms with Crippen molar-refractivity contribution in [3.63, 3.8) is 0 Å². The second-order valence-electron chi connectivity index (χ2n) is 6.01. The summed E-state index contributed by atoms with van der Waals surface area (Å²) in [6.45, 7) is 1.90. The second kappa shape index (κ2) is 6.98. The van der Waals surface area contributed by atoms with E-state index in [4.69, 9.17) is 23.2 Å². The van der Waals surface area contributed by atoms with Gasteiger partial charge in [0.15, 0.2) is 0 Å². The number of phenolic OH excluding ortho intramolecular Hbond substituents is 4. The molecule has 3 aromatic rings. The highest BCUT2D eigenvalue weighted by molar-refractivity contribution is 6.32. The van der Waals surface area contributed by atoms with Crippen molar-refractivity contribution in [3.05, 3.63) is 80.8 Å². The van der Waals surface area contributed by atoms with Gasteiger partial charge < -0.3 is 20.4 Å². The highest BCUT2D eigenvalue weighted by atomic mass is 35.5. The predicted molar refractivity (Wildman–Crippen MR) is 102 cm³/mol. The molecule has 26 heavy (non-hydrogen) atoms. The van der Waals surface area contributed by atoms with Crippen LogP contribution >= 0.6 is 23.2 Å². The molecule has 0 aliphatic rings. The van der Waals surface area contributed by atoms with Gasteiger partial charge in [0.1, 0.15) is 23.0 Å². The lowest BCUT2D eigenvalue weighted by Crippen LogP contribution is -2.06. The van der Waals surface area contributed by atoms with Crippen LogP contribution in [0.2, 0.25) is 10.0 Å². The molecule has 0 spiro atoms. The molecule has 0 unspecified atom stereocenters. The number of aromatic hydroxyl groups is 4. The summed E-state index contributed by atoms with van der Waals surface area (Å²) in [7, 11) is 0. The molecule has 0 aromatic heterocycles. The van der Waals surface area contributed by atoms with Crippen molar-refractivity contribution in [3.8, 4) is 23.0 Å². The summed E-state index contributed by atoms with van der Waals surface area (Å²) in [5.41, 5.74) is 2.50. The van der Waals surface area contributed by atoms with Gasteiger partial charge in [-0.05, 0) is 30.2 Å². The van der Waals surface area contributed by atoms with Crippen LogP contribution in [0.3, 0.4) is 0 Å². The third kappa shape index (κ3) is 3.26. The standard InChI is InChI=1S/C20H16Cl2O4/c1-10-4-2-3-5-11(10)20(12-6-14(21)18(25)8-16(12)23)13-7-15(22)19(26)9-17(13)24/h2-9,20,23-26H,1H3. The van der Waals surface area contributed by atoms with Crippen molar-refractivity contribution >= 4 is 23.2 Å². The molecule has 3 rings (SSSR count). The Balaban J connectivity index is 2.34. The van der Waals surface area contributed by atoms with Crippen LogP contribution in [0.1, 0.15) is 28.2 Å². The zero-order valence-corrected chi connectivity index (χ0v) is 15.3. The van der Waals surface area contributed by atoms with E-state index in [-0.39, 0.29) is 33.0 Å². The van der Waals surface area contributed by atoms with Gasteiger partial charge in [-0.2, -0.15) is 0 Å². The minimum Gasteiger partial charge on any atom is -0.507 e. The molecule has 0 bridgehead atoms. The number of halogens is 2. The van der Waals surface area contributed by atoms with Crippen molar-refractivity contribution in [1.29, 1.82) is 0 Å². The van der Waals surface area contributed by atoms with Crippen LogP contribution in [-0.2, 0) is 0 Å². The first-order valence-electron chi connectivity index (χ1n) is 7.78. The zero-order valence-electron chi connectivity index (χ0n) is 13.7. The van der Waals surface area contributed by atoms with E-state index in [0.717, 1.165) is 23.3 Å². The van der Waals surface area contributed by atoms with E-state index in [1.54, 1.807) is 0 Å². The molecule has 0 aliphatic heterocycles. The highest BCUT2D eigenvalue weighted by Gasteiger charge is 2.26. The average Bonchev–Trinajstić information content (AvgIpc) is 2.58. The van der Waals surface area contributed by atoms with Crippen molar-refractivity contribution in [2.24, 2.45) is 0 Å². The summed E-state index contributed by atoms with van der Waals surface area (Å²) in [6, 6.07) is 12.7. The molecule has 0 saturated heterocycles. The summed E-state index contributed by atoms with van der Waals surface area (Å²) < 4.78 is 0. The molecule has 0 heterocycles. The van der Waals surface area contributed by atoms with E-state index < -0.39 is 5.92 Å². The molecule has 4 N–H and O–H groups in total. The first-order chi connectivity index (χ1) is 12.3. The molecular weight excluding hydrogens is 375 g/mol. The van der Waals surface area contributed by atoms with Gasteiger partial charge in [-0.15, -0.1) is 0 Å². The van der Waals surface area contributed by atoms with E-state index in [0.29, 0.717) is 11.1 Å². The fourth-order valence-corrected chi connectivity index (χ4v) is 3.35. The number of rotatable bonds is 3. The van der Waals surface area contributed by atoms with Crippen molar-refractivity contribution in [2.75, 3.05) is 0 Å². The summed E-state index contributed by atoms with van der Waals surface area (Å²) in [4.78, 5) is 0. The Labute approximate surface area is 160 Å². The summed E-state index contributed by atoms with van der Waals surface area (Å²) in [6.07, 6.45) is 0. The summed E-state index contributed by atoms with van der Waals surface area (Å²) in [5.74, 6) is -1.46. The predicted octanol–water partition coefficient (Wildman–Crippen LogP) is 5.30. The van der Waals surface area contributed by atoms with Crippen LogP contribution in [0.4, 0.5) is 0 Å². The third-order valence-corrected chi connectivity index (χ3v) is 4.92. The minimum absolute atomic E-state index is 0.0701. The second-order valence-corrected chi connectivity index (χ2v) is 6.83. The van der Waals surface area contributed by atoms with Gasteiger partial charge in [0.05, 0.1) is 10.0 Å².